The Morgan fingerprint density at radius 1 is 1.14 bits per heavy atom. The quantitative estimate of drug-likeness (QED) is 0.722. The van der Waals surface area contributed by atoms with Crippen LogP contribution in [-0.4, -0.2) is 17.9 Å². The van der Waals surface area contributed by atoms with Gasteiger partial charge in [-0.1, -0.05) is 26.3 Å². The van der Waals surface area contributed by atoms with Crippen LogP contribution in [0.2, 0.25) is 0 Å². The van der Waals surface area contributed by atoms with Gasteiger partial charge >= 0.3 is 0 Å². The van der Waals surface area contributed by atoms with Crippen molar-refractivity contribution < 1.29 is 9.59 Å². The summed E-state index contributed by atoms with van der Waals surface area (Å²) in [6.07, 6.45) is 2.52. The molecule has 0 spiro atoms. The third-order valence-corrected chi connectivity index (χ3v) is 3.31. The van der Waals surface area contributed by atoms with E-state index in [1.807, 2.05) is 26.0 Å². The van der Waals surface area contributed by atoms with E-state index in [2.05, 4.69) is 10.6 Å². The first-order valence-electron chi connectivity index (χ1n) is 7.42. The van der Waals surface area contributed by atoms with Crippen LogP contribution >= 0.6 is 0 Å². The first-order valence-corrected chi connectivity index (χ1v) is 7.42. The lowest BCUT2D eigenvalue weighted by Gasteiger charge is -2.14. The topological polar surface area (TPSA) is 84.2 Å². The smallest absolute Gasteiger partial charge is 0.225 e. The van der Waals surface area contributed by atoms with Crippen molar-refractivity contribution in [3.63, 3.8) is 0 Å². The molecule has 1 aromatic rings. The standard InChI is InChI=1S/C16H25N3O2/c1-4-7-12(17)10-16(21)19-14-9-6-8-13(11(14)3)18-15(20)5-2/h6,8-9,12H,4-5,7,10,17H2,1-3H3,(H,18,20)(H,19,21). The van der Waals surface area contributed by atoms with Crippen molar-refractivity contribution in [2.45, 2.75) is 52.5 Å². The number of carbonyl (C=O) groups is 2. The maximum Gasteiger partial charge on any atom is 0.225 e. The third kappa shape index (κ3) is 5.55. The van der Waals surface area contributed by atoms with E-state index in [-0.39, 0.29) is 17.9 Å². The molecule has 1 rings (SSSR count). The van der Waals surface area contributed by atoms with Gasteiger partial charge in [0.05, 0.1) is 0 Å². The molecule has 4 N–H and O–H groups in total. The summed E-state index contributed by atoms with van der Waals surface area (Å²) in [6, 6.07) is 5.33. The zero-order valence-electron chi connectivity index (χ0n) is 13.0. The molecule has 0 heterocycles. The molecule has 0 saturated carbocycles. The monoisotopic (exact) mass is 291 g/mol. The Labute approximate surface area is 126 Å². The van der Waals surface area contributed by atoms with Crippen LogP contribution in [0.4, 0.5) is 11.4 Å². The molecule has 5 nitrogen and oxygen atoms in total. The molecule has 5 heteroatoms. The number of benzene rings is 1. The van der Waals surface area contributed by atoms with Crippen molar-refractivity contribution in [1.29, 1.82) is 0 Å². The molecular formula is C16H25N3O2. The second-order valence-corrected chi connectivity index (χ2v) is 5.18. The van der Waals surface area contributed by atoms with Crippen molar-refractivity contribution in [1.82, 2.24) is 0 Å². The van der Waals surface area contributed by atoms with Crippen LogP contribution in [0.1, 0.15) is 45.1 Å². The van der Waals surface area contributed by atoms with E-state index in [0.717, 1.165) is 24.1 Å². The van der Waals surface area contributed by atoms with Gasteiger partial charge < -0.3 is 16.4 Å². The van der Waals surface area contributed by atoms with Crippen molar-refractivity contribution in [3.8, 4) is 0 Å². The average Bonchev–Trinajstić information content (AvgIpc) is 2.43. The summed E-state index contributed by atoms with van der Waals surface area (Å²) >= 11 is 0. The fourth-order valence-electron chi connectivity index (χ4n) is 2.06. The van der Waals surface area contributed by atoms with E-state index in [1.54, 1.807) is 13.0 Å². The SMILES string of the molecule is CCCC(N)CC(=O)Nc1cccc(NC(=O)CC)c1C. The van der Waals surface area contributed by atoms with Crippen LogP contribution in [0.3, 0.4) is 0 Å². The van der Waals surface area contributed by atoms with Crippen LogP contribution in [0.25, 0.3) is 0 Å². The number of nitrogens with two attached hydrogens (primary N) is 1. The number of hydrogen-bond donors (Lipinski definition) is 3. The lowest BCUT2D eigenvalue weighted by Crippen LogP contribution is -2.27. The summed E-state index contributed by atoms with van der Waals surface area (Å²) in [7, 11) is 0. The summed E-state index contributed by atoms with van der Waals surface area (Å²) in [5.41, 5.74) is 8.14. The van der Waals surface area contributed by atoms with Crippen LogP contribution in [0, 0.1) is 6.92 Å². The van der Waals surface area contributed by atoms with Crippen LogP contribution < -0.4 is 16.4 Å². The third-order valence-electron chi connectivity index (χ3n) is 3.31. The minimum atomic E-state index is -0.113. The molecule has 1 atom stereocenters. The second kappa shape index (κ2) is 8.42. The molecule has 0 aromatic heterocycles. The van der Waals surface area contributed by atoms with Crippen LogP contribution in [-0.2, 0) is 9.59 Å². The van der Waals surface area contributed by atoms with Crippen molar-refractivity contribution in [3.05, 3.63) is 23.8 Å². The lowest BCUT2D eigenvalue weighted by atomic mass is 10.1. The van der Waals surface area contributed by atoms with Crippen molar-refractivity contribution >= 4 is 23.2 Å². The van der Waals surface area contributed by atoms with Gasteiger partial charge in [-0.15, -0.1) is 0 Å². The summed E-state index contributed by atoms with van der Waals surface area (Å²) in [5.74, 6) is -0.149. The Balaban J connectivity index is 2.73. The van der Waals surface area contributed by atoms with E-state index in [4.69, 9.17) is 5.73 Å². The van der Waals surface area contributed by atoms with E-state index >= 15 is 0 Å². The number of anilines is 2. The molecule has 0 aliphatic heterocycles. The number of carbonyl (C=O) groups excluding carboxylic acids is 2. The van der Waals surface area contributed by atoms with Crippen LogP contribution in [0.5, 0.6) is 0 Å². The highest BCUT2D eigenvalue weighted by Crippen LogP contribution is 2.23. The molecule has 0 aliphatic rings. The number of rotatable bonds is 7. The Morgan fingerprint density at radius 3 is 2.24 bits per heavy atom. The second-order valence-electron chi connectivity index (χ2n) is 5.18. The van der Waals surface area contributed by atoms with Gasteiger partial charge in [0.25, 0.3) is 0 Å². The lowest BCUT2D eigenvalue weighted by molar-refractivity contribution is -0.117. The van der Waals surface area contributed by atoms with Gasteiger partial charge in [0.15, 0.2) is 0 Å². The largest absolute Gasteiger partial charge is 0.327 e. The summed E-state index contributed by atoms with van der Waals surface area (Å²) in [5, 5.41) is 5.68. The predicted molar refractivity (Wildman–Crippen MR) is 86.2 cm³/mol. The Bertz CT molecular complexity index is 500. The van der Waals surface area contributed by atoms with E-state index in [1.165, 1.54) is 0 Å². The fraction of sp³-hybridized carbons (Fsp3) is 0.500. The molecule has 1 aromatic carbocycles. The molecule has 2 amide bonds. The van der Waals surface area contributed by atoms with Gasteiger partial charge in [-0.25, -0.2) is 0 Å². The van der Waals surface area contributed by atoms with Gasteiger partial charge in [-0.2, -0.15) is 0 Å². The van der Waals surface area contributed by atoms with Crippen LogP contribution in [0.15, 0.2) is 18.2 Å². The highest BCUT2D eigenvalue weighted by molar-refractivity contribution is 5.95. The fourth-order valence-corrected chi connectivity index (χ4v) is 2.06. The molecule has 116 valence electrons. The Hall–Kier alpha value is -1.88. The minimum absolute atomic E-state index is 0.0495. The van der Waals surface area contributed by atoms with Gasteiger partial charge in [0.2, 0.25) is 11.8 Å². The Morgan fingerprint density at radius 2 is 1.71 bits per heavy atom. The number of nitrogens with one attached hydrogen (secondary N) is 2. The molecule has 0 aliphatic carbocycles. The van der Waals surface area contributed by atoms with Gasteiger partial charge in [0, 0.05) is 30.3 Å². The first-order chi connectivity index (χ1) is 9.97. The molecule has 21 heavy (non-hydrogen) atoms. The zero-order chi connectivity index (χ0) is 15.8. The zero-order valence-corrected chi connectivity index (χ0v) is 13.0. The number of amides is 2. The molecule has 1 unspecified atom stereocenters. The van der Waals surface area contributed by atoms with Gasteiger partial charge in [-0.3, -0.25) is 9.59 Å². The van der Waals surface area contributed by atoms with Crippen molar-refractivity contribution in [2.75, 3.05) is 10.6 Å². The molecule has 0 fully saturated rings. The summed E-state index contributed by atoms with van der Waals surface area (Å²) in [4.78, 5) is 23.4. The minimum Gasteiger partial charge on any atom is -0.327 e. The van der Waals surface area contributed by atoms with E-state index < -0.39 is 0 Å². The Kier molecular flexibility index (Phi) is 6.88. The normalized spacial score (nSPS) is 11.8. The summed E-state index contributed by atoms with van der Waals surface area (Å²) in [6.45, 7) is 5.71. The van der Waals surface area contributed by atoms with Crippen molar-refractivity contribution in [2.24, 2.45) is 5.73 Å². The molecule has 0 saturated heterocycles. The highest BCUT2D eigenvalue weighted by Gasteiger charge is 2.12. The summed E-state index contributed by atoms with van der Waals surface area (Å²) < 4.78 is 0. The molecule has 0 bridgehead atoms. The van der Waals surface area contributed by atoms with Gasteiger partial charge in [0.1, 0.15) is 0 Å². The maximum atomic E-state index is 12.0. The van der Waals surface area contributed by atoms with E-state index in [0.29, 0.717) is 18.5 Å². The molecular weight excluding hydrogens is 266 g/mol. The van der Waals surface area contributed by atoms with E-state index in [9.17, 15) is 9.59 Å². The van der Waals surface area contributed by atoms with Gasteiger partial charge in [-0.05, 0) is 31.0 Å². The molecule has 0 radical (unpaired) electrons. The highest BCUT2D eigenvalue weighted by atomic mass is 16.2. The first kappa shape index (κ1) is 17.2. The maximum absolute atomic E-state index is 12.0. The predicted octanol–water partition coefficient (Wildman–Crippen LogP) is 2.80. The number of hydrogen-bond acceptors (Lipinski definition) is 3. The average molecular weight is 291 g/mol.